The van der Waals surface area contributed by atoms with E-state index in [1.165, 1.54) is 22.3 Å². The second kappa shape index (κ2) is 13.9. The summed E-state index contributed by atoms with van der Waals surface area (Å²) in [5, 5.41) is 2.24. The molecule has 0 unspecified atom stereocenters. The third-order valence-corrected chi connectivity index (χ3v) is 10.4. The molecule has 0 bridgehead atoms. The van der Waals surface area contributed by atoms with Crippen molar-refractivity contribution in [3.63, 3.8) is 0 Å². The van der Waals surface area contributed by atoms with E-state index in [9.17, 15) is 0 Å². The summed E-state index contributed by atoms with van der Waals surface area (Å²) in [4.78, 5) is 4.61. The van der Waals surface area contributed by atoms with Crippen molar-refractivity contribution in [2.75, 3.05) is 9.80 Å². The van der Waals surface area contributed by atoms with Crippen LogP contribution in [-0.4, -0.2) is 0 Å². The summed E-state index contributed by atoms with van der Waals surface area (Å²) in [6, 6.07) is 77.2. The minimum absolute atomic E-state index is 0.815. The molecule has 9 aromatic rings. The molecule has 0 saturated carbocycles. The van der Waals surface area contributed by atoms with Gasteiger partial charge in [-0.3, -0.25) is 0 Å². The van der Waals surface area contributed by atoms with Crippen molar-refractivity contribution >= 4 is 44.9 Å². The molecule has 1 aliphatic heterocycles. The van der Waals surface area contributed by atoms with Crippen LogP contribution in [-0.2, 0) is 0 Å². The summed E-state index contributed by atoms with van der Waals surface area (Å²) < 4.78 is 7.36. The first-order valence-corrected chi connectivity index (χ1v) is 18.7. The van der Waals surface area contributed by atoms with Crippen LogP contribution in [0, 0.1) is 0 Å². The highest BCUT2D eigenvalue weighted by Gasteiger charge is 2.30. The maximum atomic E-state index is 7.36. The monoisotopic (exact) mass is 704 g/mol. The first-order chi connectivity index (χ1) is 27.3. The summed E-state index contributed by atoms with van der Waals surface area (Å²) in [7, 11) is 0. The van der Waals surface area contributed by atoms with Crippen molar-refractivity contribution in [3.8, 4) is 44.9 Å². The summed E-state index contributed by atoms with van der Waals surface area (Å²) in [6.45, 7) is 0. The summed E-state index contributed by atoms with van der Waals surface area (Å²) in [5.74, 6) is 1.65. The molecule has 0 saturated heterocycles. The van der Waals surface area contributed by atoms with Crippen molar-refractivity contribution in [1.29, 1.82) is 0 Å². The zero-order valence-electron chi connectivity index (χ0n) is 30.1. The Hall–Kier alpha value is -7.36. The zero-order chi connectivity index (χ0) is 36.6. The van der Waals surface area contributed by atoms with E-state index < -0.39 is 0 Å². The molecule has 0 aromatic heterocycles. The van der Waals surface area contributed by atoms with E-state index in [0.717, 1.165) is 67.5 Å². The lowest BCUT2D eigenvalue weighted by Crippen LogP contribution is -2.14. The number of fused-ring (bicyclic) bond motifs is 2. The Morgan fingerprint density at radius 2 is 0.691 bits per heavy atom. The van der Waals surface area contributed by atoms with E-state index in [2.05, 4.69) is 228 Å². The maximum absolute atomic E-state index is 7.36. The number of nitrogens with zero attached hydrogens (tertiary/aromatic N) is 2. The molecular formula is C52H36N2O. The van der Waals surface area contributed by atoms with Crippen LogP contribution in [0.25, 0.3) is 44.2 Å². The zero-order valence-corrected chi connectivity index (χ0v) is 30.1. The van der Waals surface area contributed by atoms with Crippen LogP contribution in [0.15, 0.2) is 218 Å². The Labute approximate surface area is 321 Å². The van der Waals surface area contributed by atoms with Gasteiger partial charge in [0.25, 0.3) is 0 Å². The fraction of sp³-hybridized carbons (Fsp3) is 0. The molecule has 3 heteroatoms. The van der Waals surface area contributed by atoms with E-state index in [0.29, 0.717) is 0 Å². The van der Waals surface area contributed by atoms with Crippen molar-refractivity contribution in [3.05, 3.63) is 218 Å². The number of rotatable bonds is 8. The first kappa shape index (κ1) is 32.3. The van der Waals surface area contributed by atoms with E-state index in [-0.39, 0.29) is 0 Å². The van der Waals surface area contributed by atoms with Crippen molar-refractivity contribution in [2.24, 2.45) is 0 Å². The van der Waals surface area contributed by atoms with Gasteiger partial charge in [-0.05, 0) is 93.9 Å². The first-order valence-electron chi connectivity index (χ1n) is 18.7. The smallest absolute Gasteiger partial charge is 0.160 e. The van der Waals surface area contributed by atoms with Gasteiger partial charge in [-0.25, -0.2) is 0 Å². The number of benzene rings is 9. The van der Waals surface area contributed by atoms with Gasteiger partial charge in [-0.15, -0.1) is 0 Å². The van der Waals surface area contributed by atoms with Gasteiger partial charge in [-0.2, -0.15) is 0 Å². The number of hydrogen-bond acceptors (Lipinski definition) is 3. The molecule has 1 heterocycles. The normalized spacial score (nSPS) is 11.4. The van der Waals surface area contributed by atoms with Crippen molar-refractivity contribution < 1.29 is 4.74 Å². The molecule has 0 fully saturated rings. The predicted octanol–water partition coefficient (Wildman–Crippen LogP) is 14.9. The topological polar surface area (TPSA) is 15.7 Å². The quantitative estimate of drug-likeness (QED) is 0.157. The Morgan fingerprint density at radius 1 is 0.273 bits per heavy atom. The maximum Gasteiger partial charge on any atom is 0.160 e. The predicted molar refractivity (Wildman–Crippen MR) is 230 cm³/mol. The number of ether oxygens (including phenoxy) is 1. The summed E-state index contributed by atoms with van der Waals surface area (Å²) >= 11 is 0. The van der Waals surface area contributed by atoms with Crippen LogP contribution in [0.1, 0.15) is 0 Å². The molecule has 3 nitrogen and oxygen atoms in total. The van der Waals surface area contributed by atoms with E-state index >= 15 is 0 Å². The SMILES string of the molecule is c1ccc(-c2ccc(N(c3ccc(-c4ccccc4)cc3)c3cccc4c3Oc3c(N(c5ccccc5)c5ccccc5)ccc5cccc-4c35)cc2)cc1. The third kappa shape index (κ3) is 5.89. The van der Waals surface area contributed by atoms with Gasteiger partial charge in [0.05, 0.1) is 11.4 Å². The van der Waals surface area contributed by atoms with Crippen LogP contribution in [0.3, 0.4) is 0 Å². The van der Waals surface area contributed by atoms with Crippen LogP contribution in [0.5, 0.6) is 11.5 Å². The third-order valence-electron chi connectivity index (χ3n) is 10.4. The fourth-order valence-electron chi connectivity index (χ4n) is 7.84. The Bertz CT molecular complexity index is 2630. The van der Waals surface area contributed by atoms with Crippen LogP contribution in [0.4, 0.5) is 34.1 Å². The highest BCUT2D eigenvalue weighted by molar-refractivity contribution is 6.09. The highest BCUT2D eigenvalue weighted by Crippen LogP contribution is 2.56. The minimum Gasteiger partial charge on any atom is -0.452 e. The number of anilines is 6. The Kier molecular flexibility index (Phi) is 8.16. The molecular weight excluding hydrogens is 669 g/mol. The molecule has 0 spiro atoms. The van der Waals surface area contributed by atoms with Gasteiger partial charge < -0.3 is 14.5 Å². The number of hydrogen-bond donors (Lipinski definition) is 0. The summed E-state index contributed by atoms with van der Waals surface area (Å²) in [6.07, 6.45) is 0. The molecule has 0 atom stereocenters. The van der Waals surface area contributed by atoms with Gasteiger partial charge in [-0.1, -0.05) is 158 Å². The van der Waals surface area contributed by atoms with Gasteiger partial charge >= 0.3 is 0 Å². The van der Waals surface area contributed by atoms with Crippen molar-refractivity contribution in [2.45, 2.75) is 0 Å². The van der Waals surface area contributed by atoms with E-state index in [1.807, 2.05) is 0 Å². The van der Waals surface area contributed by atoms with E-state index in [4.69, 9.17) is 4.74 Å². The lowest BCUT2D eigenvalue weighted by atomic mass is 9.93. The van der Waals surface area contributed by atoms with Gasteiger partial charge in [0.15, 0.2) is 11.5 Å². The average Bonchev–Trinajstić information content (AvgIpc) is 3.27. The number of para-hydroxylation sites is 3. The van der Waals surface area contributed by atoms with Gasteiger partial charge in [0.1, 0.15) is 0 Å². The lowest BCUT2D eigenvalue weighted by Gasteiger charge is -2.33. The van der Waals surface area contributed by atoms with Crippen LogP contribution < -0.4 is 14.5 Å². The highest BCUT2D eigenvalue weighted by atomic mass is 16.5. The molecule has 55 heavy (non-hydrogen) atoms. The van der Waals surface area contributed by atoms with Gasteiger partial charge in [0, 0.05) is 33.7 Å². The molecule has 9 aromatic carbocycles. The fourth-order valence-corrected chi connectivity index (χ4v) is 7.84. The molecule has 0 aliphatic carbocycles. The van der Waals surface area contributed by atoms with E-state index in [1.54, 1.807) is 0 Å². The Morgan fingerprint density at radius 3 is 1.22 bits per heavy atom. The van der Waals surface area contributed by atoms with Crippen LogP contribution in [0.2, 0.25) is 0 Å². The second-order valence-corrected chi connectivity index (χ2v) is 13.7. The molecule has 0 N–H and O–H groups in total. The lowest BCUT2D eigenvalue weighted by molar-refractivity contribution is 0.489. The van der Waals surface area contributed by atoms with Gasteiger partial charge in [0.2, 0.25) is 0 Å². The molecule has 1 aliphatic rings. The van der Waals surface area contributed by atoms with Crippen LogP contribution >= 0.6 is 0 Å². The molecule has 260 valence electrons. The molecule has 0 radical (unpaired) electrons. The molecule has 0 amide bonds. The molecule has 10 rings (SSSR count). The standard InChI is InChI=1S/C52H36N2O/c1-5-15-37(16-6-1)39-27-32-44(33-28-39)54(45-34-29-40(30-35-45)38-17-7-2-8-18-38)48-26-14-25-47-46-24-13-19-41-31-36-49(52(50(41)46)55-51(47)48)53(42-20-9-3-10-21-42)43-22-11-4-12-23-43/h1-36H. The average molecular weight is 705 g/mol. The minimum atomic E-state index is 0.815. The Balaban J connectivity index is 1.16. The summed E-state index contributed by atoms with van der Waals surface area (Å²) in [5.41, 5.74) is 13.1. The van der Waals surface area contributed by atoms with Crippen molar-refractivity contribution in [1.82, 2.24) is 0 Å². The largest absolute Gasteiger partial charge is 0.452 e. The second-order valence-electron chi connectivity index (χ2n) is 13.7.